The molecule has 236 valence electrons. The van der Waals surface area contributed by atoms with Crippen LogP contribution in [-0.2, 0) is 14.4 Å². The maximum absolute atomic E-state index is 12.8. The summed E-state index contributed by atoms with van der Waals surface area (Å²) in [6, 6.07) is 6.28. The molecule has 6 N–H and O–H groups in total. The first kappa shape index (κ1) is 33.7. The van der Waals surface area contributed by atoms with Gasteiger partial charge in [-0.05, 0) is 51.2 Å². The predicted octanol–water partition coefficient (Wildman–Crippen LogP) is 1.38. The lowest BCUT2D eigenvalue weighted by molar-refractivity contribution is -0.149. The molecule has 43 heavy (non-hydrogen) atoms. The maximum Gasteiger partial charge on any atom is 0.326 e. The van der Waals surface area contributed by atoms with Crippen molar-refractivity contribution in [1.82, 2.24) is 25.8 Å². The van der Waals surface area contributed by atoms with Crippen molar-refractivity contribution in [2.24, 2.45) is 0 Å². The van der Waals surface area contributed by atoms with Gasteiger partial charge in [-0.15, -0.1) is 0 Å². The monoisotopic (exact) mass is 601 g/mol. The van der Waals surface area contributed by atoms with Crippen LogP contribution in [0.15, 0.2) is 30.3 Å². The highest BCUT2D eigenvalue weighted by Gasteiger charge is 2.36. The number of hydrogen-bond acceptors (Lipinski definition) is 9. The van der Waals surface area contributed by atoms with Gasteiger partial charge in [0, 0.05) is 31.1 Å². The van der Waals surface area contributed by atoms with Gasteiger partial charge in [0.15, 0.2) is 0 Å². The van der Waals surface area contributed by atoms with E-state index in [1.807, 2.05) is 26.0 Å². The lowest BCUT2D eigenvalue weighted by Crippen LogP contribution is -2.53. The third-order valence-electron chi connectivity index (χ3n) is 7.25. The van der Waals surface area contributed by atoms with Crippen LogP contribution in [0.5, 0.6) is 5.75 Å². The van der Waals surface area contributed by atoms with Crippen LogP contribution < -0.4 is 20.7 Å². The number of para-hydroxylation sites is 1. The van der Waals surface area contributed by atoms with Crippen molar-refractivity contribution in [3.8, 4) is 5.75 Å². The average Bonchev–Trinajstić information content (AvgIpc) is 3.47. The van der Waals surface area contributed by atoms with Crippen molar-refractivity contribution >= 4 is 34.7 Å². The van der Waals surface area contributed by atoms with Crippen LogP contribution in [0.4, 0.5) is 0 Å². The van der Waals surface area contributed by atoms with E-state index in [0.717, 1.165) is 5.39 Å². The number of nitrogens with one attached hydrogen (secondary N) is 3. The summed E-state index contributed by atoms with van der Waals surface area (Å²) in [5.74, 6) is -2.53. The zero-order valence-electron chi connectivity index (χ0n) is 24.9. The Morgan fingerprint density at radius 3 is 2.56 bits per heavy atom. The molecule has 13 heteroatoms. The van der Waals surface area contributed by atoms with Crippen LogP contribution in [-0.4, -0.2) is 105 Å². The van der Waals surface area contributed by atoms with Crippen LogP contribution in [0.1, 0.15) is 63.4 Å². The van der Waals surface area contributed by atoms with Crippen molar-refractivity contribution in [2.45, 2.75) is 83.1 Å². The SMILES string of the molecule is CC(C)NC[C@H](O)COc1cccc2ccc(C(=O)NCCCC[C@H](N[C@@H](C)C(=O)N3CCC[C@H]3C(=O)O)C(=O)O)nc12. The van der Waals surface area contributed by atoms with Gasteiger partial charge in [-0.2, -0.15) is 0 Å². The smallest absolute Gasteiger partial charge is 0.326 e. The fourth-order valence-corrected chi connectivity index (χ4v) is 4.93. The minimum Gasteiger partial charge on any atom is -0.489 e. The molecule has 1 saturated heterocycles. The second kappa shape index (κ2) is 16.1. The number of carbonyl (C=O) groups is 4. The Bertz CT molecular complexity index is 1270. The molecule has 2 amide bonds. The van der Waals surface area contributed by atoms with Crippen LogP contribution >= 0.6 is 0 Å². The minimum absolute atomic E-state index is 0.0666. The van der Waals surface area contributed by atoms with Crippen molar-refractivity contribution in [3.63, 3.8) is 0 Å². The number of aromatic nitrogens is 1. The van der Waals surface area contributed by atoms with E-state index in [1.165, 1.54) is 11.8 Å². The molecule has 0 spiro atoms. The zero-order chi connectivity index (χ0) is 31.5. The summed E-state index contributed by atoms with van der Waals surface area (Å²) >= 11 is 0. The number of rotatable bonds is 17. The van der Waals surface area contributed by atoms with Crippen LogP contribution in [0.3, 0.4) is 0 Å². The lowest BCUT2D eigenvalue weighted by Gasteiger charge is -2.27. The number of aliphatic hydroxyl groups is 1. The number of nitrogens with zero attached hydrogens (tertiary/aromatic N) is 2. The highest BCUT2D eigenvalue weighted by Crippen LogP contribution is 2.24. The second-order valence-electron chi connectivity index (χ2n) is 11.1. The van der Waals surface area contributed by atoms with E-state index in [1.54, 1.807) is 18.2 Å². The van der Waals surface area contributed by atoms with Gasteiger partial charge in [0.2, 0.25) is 5.91 Å². The van der Waals surface area contributed by atoms with Crippen LogP contribution in [0.25, 0.3) is 10.9 Å². The highest BCUT2D eigenvalue weighted by molar-refractivity contribution is 5.96. The van der Waals surface area contributed by atoms with Crippen molar-refractivity contribution in [1.29, 1.82) is 0 Å². The van der Waals surface area contributed by atoms with Gasteiger partial charge >= 0.3 is 11.9 Å². The summed E-state index contributed by atoms with van der Waals surface area (Å²) in [6.45, 7) is 6.58. The third kappa shape index (κ3) is 9.87. The first-order valence-electron chi connectivity index (χ1n) is 14.7. The molecule has 0 saturated carbocycles. The van der Waals surface area contributed by atoms with Crippen molar-refractivity contribution in [2.75, 3.05) is 26.2 Å². The van der Waals surface area contributed by atoms with Gasteiger partial charge in [-0.1, -0.05) is 32.0 Å². The van der Waals surface area contributed by atoms with Crippen molar-refractivity contribution in [3.05, 3.63) is 36.0 Å². The molecule has 0 bridgehead atoms. The number of hydrogen-bond donors (Lipinski definition) is 6. The Kier molecular flexibility index (Phi) is 12.7. The number of carbonyl (C=O) groups excluding carboxylic acids is 2. The molecule has 3 rings (SSSR count). The Balaban J connectivity index is 1.48. The number of pyridine rings is 1. The Hall–Kier alpha value is -3.81. The number of carboxylic acids is 2. The summed E-state index contributed by atoms with van der Waals surface area (Å²) in [5, 5.41) is 38.7. The molecule has 0 radical (unpaired) electrons. The topological polar surface area (TPSA) is 190 Å². The zero-order valence-corrected chi connectivity index (χ0v) is 24.9. The Labute approximate surface area is 251 Å². The van der Waals surface area contributed by atoms with Gasteiger partial charge in [0.05, 0.1) is 6.04 Å². The number of amides is 2. The van der Waals surface area contributed by atoms with Gasteiger partial charge in [0.1, 0.15) is 41.8 Å². The first-order valence-corrected chi connectivity index (χ1v) is 14.7. The highest BCUT2D eigenvalue weighted by atomic mass is 16.5. The fourth-order valence-electron chi connectivity index (χ4n) is 4.93. The fraction of sp³-hybridized carbons (Fsp3) is 0.567. The molecule has 13 nitrogen and oxygen atoms in total. The van der Waals surface area contributed by atoms with E-state index >= 15 is 0 Å². The molecule has 0 unspecified atom stereocenters. The maximum atomic E-state index is 12.8. The van der Waals surface area contributed by atoms with E-state index in [0.29, 0.717) is 56.6 Å². The standard InChI is InChI=1S/C30H43N5O8/c1-18(2)32-16-21(36)17-43-25-11-6-8-20-12-13-22(34-26(20)25)27(37)31-14-5-4-9-23(29(39)40)33-19(3)28(38)35-15-7-10-24(35)30(41)42/h6,8,11-13,18-19,21,23-24,32-33,36H,4-5,7,9-10,14-17H2,1-3H3,(H,31,37)(H,39,40)(H,41,42)/t19-,21-,23-,24-/m0/s1. The van der Waals surface area contributed by atoms with Gasteiger partial charge in [-0.3, -0.25) is 19.7 Å². The van der Waals surface area contributed by atoms with E-state index in [-0.39, 0.29) is 30.7 Å². The number of aliphatic carboxylic acids is 2. The number of aliphatic hydroxyl groups excluding tert-OH is 1. The van der Waals surface area contributed by atoms with Gasteiger partial charge in [0.25, 0.3) is 5.91 Å². The van der Waals surface area contributed by atoms with E-state index in [2.05, 4.69) is 20.9 Å². The molecule has 2 aromatic rings. The molecule has 0 aliphatic carbocycles. The van der Waals surface area contributed by atoms with Crippen LogP contribution in [0.2, 0.25) is 0 Å². The number of benzene rings is 1. The molecule has 1 aliphatic heterocycles. The molecule has 2 heterocycles. The average molecular weight is 602 g/mol. The molecule has 1 aliphatic rings. The van der Waals surface area contributed by atoms with Crippen LogP contribution in [0, 0.1) is 0 Å². The lowest BCUT2D eigenvalue weighted by atomic mass is 10.1. The van der Waals surface area contributed by atoms with Gasteiger partial charge < -0.3 is 35.6 Å². The minimum atomic E-state index is -1.11. The number of carboxylic acid groups (broad SMARTS) is 2. The third-order valence-corrected chi connectivity index (χ3v) is 7.25. The summed E-state index contributed by atoms with van der Waals surface area (Å²) in [4.78, 5) is 54.5. The quantitative estimate of drug-likeness (QED) is 0.144. The molecular formula is C30H43N5O8. The first-order chi connectivity index (χ1) is 20.5. The molecular weight excluding hydrogens is 558 g/mol. The molecule has 4 atom stereocenters. The van der Waals surface area contributed by atoms with E-state index in [4.69, 9.17) is 4.74 Å². The number of ether oxygens (including phenoxy) is 1. The van der Waals surface area contributed by atoms with E-state index < -0.39 is 42.1 Å². The number of fused-ring (bicyclic) bond motifs is 1. The molecule has 1 aromatic heterocycles. The van der Waals surface area contributed by atoms with E-state index in [9.17, 15) is 34.5 Å². The number of likely N-dealkylation sites (tertiary alicyclic amines) is 1. The molecule has 1 aromatic carbocycles. The summed E-state index contributed by atoms with van der Waals surface area (Å²) in [5.41, 5.74) is 0.700. The van der Waals surface area contributed by atoms with Gasteiger partial charge in [-0.25, -0.2) is 9.78 Å². The van der Waals surface area contributed by atoms with Crippen molar-refractivity contribution < 1.29 is 39.2 Å². The normalized spacial score (nSPS) is 17.0. The largest absolute Gasteiger partial charge is 0.489 e. The second-order valence-corrected chi connectivity index (χ2v) is 11.1. The predicted molar refractivity (Wildman–Crippen MR) is 159 cm³/mol. The summed E-state index contributed by atoms with van der Waals surface area (Å²) in [6.07, 6.45) is 1.44. The summed E-state index contributed by atoms with van der Waals surface area (Å²) in [7, 11) is 0. The number of unbranched alkanes of at least 4 members (excludes halogenated alkanes) is 1. The summed E-state index contributed by atoms with van der Waals surface area (Å²) < 4.78 is 5.80. The Morgan fingerprint density at radius 1 is 1.09 bits per heavy atom. The molecule has 1 fully saturated rings. The Morgan fingerprint density at radius 2 is 1.86 bits per heavy atom.